The van der Waals surface area contributed by atoms with Crippen molar-refractivity contribution >= 4 is 29.1 Å². The van der Waals surface area contributed by atoms with E-state index in [9.17, 15) is 19.2 Å². The molecular weight excluding hydrogens is 332 g/mol. The molecule has 2 aliphatic rings. The predicted octanol–water partition coefficient (Wildman–Crippen LogP) is 2.06. The average Bonchev–Trinajstić information content (AvgIpc) is 3.05. The molecule has 0 aromatic heterocycles. The Morgan fingerprint density at radius 3 is 1.96 bits per heavy atom. The lowest BCUT2D eigenvalue weighted by atomic mass is 10.0. The summed E-state index contributed by atoms with van der Waals surface area (Å²) in [4.78, 5) is 50.4. The van der Waals surface area contributed by atoms with Crippen molar-refractivity contribution in [2.24, 2.45) is 0 Å². The molecule has 1 aliphatic carbocycles. The van der Waals surface area contributed by atoms with Gasteiger partial charge in [0.2, 0.25) is 0 Å². The second-order valence-corrected chi connectivity index (χ2v) is 6.30. The molecule has 2 aromatic carbocycles. The van der Waals surface area contributed by atoms with E-state index in [1.54, 1.807) is 24.3 Å². The van der Waals surface area contributed by atoms with Gasteiger partial charge in [0.05, 0.1) is 11.3 Å². The van der Waals surface area contributed by atoms with E-state index in [4.69, 9.17) is 0 Å². The van der Waals surface area contributed by atoms with Gasteiger partial charge in [0.25, 0.3) is 11.8 Å². The highest BCUT2D eigenvalue weighted by atomic mass is 16.2. The summed E-state index contributed by atoms with van der Waals surface area (Å²) in [6.07, 6.45) is 0. The Kier molecular flexibility index (Phi) is 3.37. The van der Waals surface area contributed by atoms with Crippen LogP contribution in [0, 0.1) is 13.8 Å². The Morgan fingerprint density at radius 2 is 1.38 bits per heavy atom. The van der Waals surface area contributed by atoms with Crippen molar-refractivity contribution in [3.8, 4) is 0 Å². The molecular formula is C20H14N2O4. The van der Waals surface area contributed by atoms with Gasteiger partial charge < -0.3 is 0 Å². The van der Waals surface area contributed by atoms with Crippen LogP contribution in [-0.2, 0) is 9.59 Å². The first-order valence-electron chi connectivity index (χ1n) is 8.05. The summed E-state index contributed by atoms with van der Waals surface area (Å²) in [7, 11) is 0. The van der Waals surface area contributed by atoms with E-state index in [1.165, 1.54) is 12.1 Å². The van der Waals surface area contributed by atoms with Crippen molar-refractivity contribution < 1.29 is 19.2 Å². The Labute approximate surface area is 149 Å². The molecule has 0 saturated carbocycles. The van der Waals surface area contributed by atoms with Gasteiger partial charge >= 0.3 is 0 Å². The van der Waals surface area contributed by atoms with Crippen LogP contribution in [0.5, 0.6) is 0 Å². The quantitative estimate of drug-likeness (QED) is 0.633. The minimum atomic E-state index is -0.752. The molecule has 4 rings (SSSR count). The van der Waals surface area contributed by atoms with Crippen LogP contribution in [0.15, 0.2) is 53.6 Å². The summed E-state index contributed by atoms with van der Waals surface area (Å²) in [6, 6.07) is 11.6. The average molecular weight is 346 g/mol. The zero-order valence-corrected chi connectivity index (χ0v) is 14.1. The van der Waals surface area contributed by atoms with Gasteiger partial charge in [-0.2, -0.15) is 0 Å². The summed E-state index contributed by atoms with van der Waals surface area (Å²) in [5.74, 6) is -2.64. The van der Waals surface area contributed by atoms with Gasteiger partial charge in [-0.25, -0.2) is 5.01 Å². The second-order valence-electron chi connectivity index (χ2n) is 6.30. The summed E-state index contributed by atoms with van der Waals surface area (Å²) in [5.41, 5.74) is 4.56. The standard InChI is InChI=1S/C20H14N2O4/c1-10-7-8-12(9-11(10)2)22-20(26)16(19(25)21-22)15-17(23)13-5-3-4-6-14(13)18(15)24/h3-9H,1-2H3,(H,21,25). The number of rotatable bonds is 1. The third-order valence-electron chi connectivity index (χ3n) is 4.73. The van der Waals surface area contributed by atoms with Gasteiger partial charge in [0, 0.05) is 11.1 Å². The number of amides is 2. The summed E-state index contributed by atoms with van der Waals surface area (Å²) in [5, 5.41) is 1.07. The fourth-order valence-electron chi connectivity index (χ4n) is 3.16. The highest BCUT2D eigenvalue weighted by Crippen LogP contribution is 2.31. The first-order chi connectivity index (χ1) is 12.4. The molecule has 1 aliphatic heterocycles. The largest absolute Gasteiger partial charge is 0.288 e. The second kappa shape index (κ2) is 5.49. The molecule has 0 spiro atoms. The number of ketones is 2. The molecule has 2 amide bonds. The minimum absolute atomic E-state index is 0.213. The van der Waals surface area contributed by atoms with Crippen LogP contribution in [0.2, 0.25) is 0 Å². The van der Waals surface area contributed by atoms with E-state index in [-0.39, 0.29) is 16.7 Å². The van der Waals surface area contributed by atoms with Gasteiger partial charge in [0.15, 0.2) is 11.6 Å². The first kappa shape index (κ1) is 16.0. The Hall–Kier alpha value is -3.54. The van der Waals surface area contributed by atoms with Crippen molar-refractivity contribution in [2.45, 2.75) is 13.8 Å². The van der Waals surface area contributed by atoms with E-state index >= 15 is 0 Å². The van der Waals surface area contributed by atoms with E-state index in [1.807, 2.05) is 19.9 Å². The number of allylic oxidation sites excluding steroid dienone is 1. The monoisotopic (exact) mass is 346 g/mol. The number of carbonyl (C=O) groups excluding carboxylic acids is 4. The summed E-state index contributed by atoms with van der Waals surface area (Å²) in [6.45, 7) is 3.82. The number of anilines is 1. The topological polar surface area (TPSA) is 83.6 Å². The van der Waals surface area contributed by atoms with Crippen molar-refractivity contribution in [1.29, 1.82) is 0 Å². The lowest BCUT2D eigenvalue weighted by molar-refractivity contribution is -0.117. The molecule has 1 N–H and O–H groups in total. The third-order valence-corrected chi connectivity index (χ3v) is 4.73. The smallest absolute Gasteiger partial charge is 0.283 e. The number of hydrogen-bond donors (Lipinski definition) is 1. The fraction of sp³-hybridized carbons (Fsp3) is 0.100. The summed E-state index contributed by atoms with van der Waals surface area (Å²) >= 11 is 0. The number of Topliss-reactive ketones (excluding diaryl/α,β-unsaturated/α-hetero) is 2. The van der Waals surface area contributed by atoms with E-state index in [0.29, 0.717) is 5.69 Å². The number of aryl methyl sites for hydroxylation is 2. The van der Waals surface area contributed by atoms with E-state index in [0.717, 1.165) is 16.1 Å². The normalized spacial score (nSPS) is 16.5. The molecule has 1 fully saturated rings. The third kappa shape index (κ3) is 2.12. The maximum absolute atomic E-state index is 12.8. The van der Waals surface area contributed by atoms with Crippen molar-refractivity contribution in [2.75, 3.05) is 5.01 Å². The molecule has 6 nitrogen and oxygen atoms in total. The zero-order chi connectivity index (χ0) is 18.6. The molecule has 0 atom stereocenters. The summed E-state index contributed by atoms with van der Waals surface area (Å²) < 4.78 is 0. The number of fused-ring (bicyclic) bond motifs is 1. The highest BCUT2D eigenvalue weighted by molar-refractivity contribution is 6.46. The van der Waals surface area contributed by atoms with Crippen molar-refractivity contribution in [3.63, 3.8) is 0 Å². The molecule has 1 heterocycles. The van der Waals surface area contributed by atoms with Gasteiger partial charge in [-0.1, -0.05) is 30.3 Å². The predicted molar refractivity (Wildman–Crippen MR) is 93.7 cm³/mol. The molecule has 1 saturated heterocycles. The van der Waals surface area contributed by atoms with Crippen LogP contribution in [0.3, 0.4) is 0 Å². The maximum Gasteiger partial charge on any atom is 0.283 e. The van der Waals surface area contributed by atoms with Crippen molar-refractivity contribution in [1.82, 2.24) is 5.43 Å². The number of carbonyl (C=O) groups is 4. The Bertz CT molecular complexity index is 1030. The van der Waals surface area contributed by atoms with E-state index < -0.39 is 29.0 Å². The molecule has 6 heteroatoms. The molecule has 0 unspecified atom stereocenters. The zero-order valence-electron chi connectivity index (χ0n) is 14.1. The Balaban J connectivity index is 1.82. The van der Waals surface area contributed by atoms with Crippen LogP contribution in [0.1, 0.15) is 31.8 Å². The lowest BCUT2D eigenvalue weighted by Crippen LogP contribution is -2.35. The molecule has 0 radical (unpaired) electrons. The maximum atomic E-state index is 12.8. The lowest BCUT2D eigenvalue weighted by Gasteiger charge is -2.16. The number of hydrogen-bond acceptors (Lipinski definition) is 4. The van der Waals surface area contributed by atoms with Crippen LogP contribution in [-0.4, -0.2) is 23.4 Å². The van der Waals surface area contributed by atoms with Gasteiger partial charge in [-0.15, -0.1) is 0 Å². The molecule has 128 valence electrons. The van der Waals surface area contributed by atoms with Crippen LogP contribution in [0.25, 0.3) is 0 Å². The van der Waals surface area contributed by atoms with Gasteiger partial charge in [-0.3, -0.25) is 24.6 Å². The molecule has 2 aromatic rings. The van der Waals surface area contributed by atoms with Crippen LogP contribution >= 0.6 is 0 Å². The highest BCUT2D eigenvalue weighted by Gasteiger charge is 2.44. The van der Waals surface area contributed by atoms with Crippen LogP contribution in [0.4, 0.5) is 5.69 Å². The molecule has 0 bridgehead atoms. The van der Waals surface area contributed by atoms with E-state index in [2.05, 4.69) is 5.43 Å². The number of nitrogens with zero attached hydrogens (tertiary/aromatic N) is 1. The number of nitrogens with one attached hydrogen (secondary N) is 1. The number of benzene rings is 2. The SMILES string of the molecule is Cc1ccc(N2NC(=O)C(=C3C(=O)c4ccccc4C3=O)C2=O)cc1C. The van der Waals surface area contributed by atoms with Gasteiger partial charge in [-0.05, 0) is 37.1 Å². The van der Waals surface area contributed by atoms with Crippen LogP contribution < -0.4 is 10.4 Å². The minimum Gasteiger partial charge on any atom is -0.288 e. The Morgan fingerprint density at radius 1 is 0.769 bits per heavy atom. The van der Waals surface area contributed by atoms with Crippen molar-refractivity contribution in [3.05, 3.63) is 75.9 Å². The molecule has 26 heavy (non-hydrogen) atoms. The van der Waals surface area contributed by atoms with Gasteiger partial charge in [0.1, 0.15) is 5.57 Å². The number of hydrazine groups is 1. The fourth-order valence-corrected chi connectivity index (χ4v) is 3.16. The first-order valence-corrected chi connectivity index (χ1v) is 8.05.